The first kappa shape index (κ1) is 16.1. The Morgan fingerprint density at radius 2 is 1.67 bits per heavy atom. The van der Waals surface area contributed by atoms with Crippen LogP contribution in [0.4, 0.5) is 0 Å². The summed E-state index contributed by atoms with van der Waals surface area (Å²) < 4.78 is 16.6. The molecular weight excluding hydrogens is 344 g/mol. The molecule has 0 bridgehead atoms. The Balaban J connectivity index is 1.89. The normalized spacial score (nSPS) is 20.4. The van der Waals surface area contributed by atoms with Crippen LogP contribution in [0.1, 0.15) is 57.4 Å². The molecule has 0 saturated carbocycles. The number of carbonyl (C=O) groups excluding carboxylic acids is 2. The molecule has 5 heteroatoms. The molecule has 0 saturated heterocycles. The van der Waals surface area contributed by atoms with Gasteiger partial charge in [-0.2, -0.15) is 0 Å². The standard InChI is InChI=1S/C22H18O5/c1-22-7-6-16(23)14-10-27-21(19(14)22)20(24)13-8-11-12(9-15(13)22)18(26-3)5-4-17(11)25-2/h4-5,8-10H,6-7H2,1-3H3. The molecule has 5 nitrogen and oxygen atoms in total. The predicted octanol–water partition coefficient (Wildman–Crippen LogP) is 4.28. The van der Waals surface area contributed by atoms with E-state index in [1.54, 1.807) is 14.2 Å². The fraction of sp³-hybridized carbons (Fsp3) is 0.273. The molecule has 3 aromatic rings. The molecule has 0 amide bonds. The van der Waals surface area contributed by atoms with Gasteiger partial charge in [-0.3, -0.25) is 9.59 Å². The van der Waals surface area contributed by atoms with Gasteiger partial charge in [0.2, 0.25) is 5.78 Å². The van der Waals surface area contributed by atoms with Crippen LogP contribution in [0.5, 0.6) is 11.5 Å². The summed E-state index contributed by atoms with van der Waals surface area (Å²) in [4.78, 5) is 25.5. The number of furan rings is 1. The Morgan fingerprint density at radius 3 is 2.33 bits per heavy atom. The summed E-state index contributed by atoms with van der Waals surface area (Å²) in [6, 6.07) is 7.57. The van der Waals surface area contributed by atoms with Gasteiger partial charge in [0.1, 0.15) is 17.8 Å². The summed E-state index contributed by atoms with van der Waals surface area (Å²) in [5, 5.41) is 1.70. The van der Waals surface area contributed by atoms with Crippen molar-refractivity contribution in [2.75, 3.05) is 14.2 Å². The van der Waals surface area contributed by atoms with Crippen LogP contribution in [-0.2, 0) is 5.41 Å². The number of methoxy groups -OCH3 is 2. The second-order valence-corrected chi connectivity index (χ2v) is 7.35. The number of rotatable bonds is 2. The lowest BCUT2D eigenvalue weighted by molar-refractivity contribution is 0.0958. The van der Waals surface area contributed by atoms with Crippen LogP contribution in [0.3, 0.4) is 0 Å². The first-order chi connectivity index (χ1) is 13.0. The van der Waals surface area contributed by atoms with E-state index in [0.717, 1.165) is 27.6 Å². The van der Waals surface area contributed by atoms with Crippen LogP contribution in [0.25, 0.3) is 10.8 Å². The molecule has 1 heterocycles. The first-order valence-corrected chi connectivity index (χ1v) is 8.88. The highest BCUT2D eigenvalue weighted by Crippen LogP contribution is 2.51. The Bertz CT molecular complexity index is 1150. The van der Waals surface area contributed by atoms with Crippen molar-refractivity contribution in [2.24, 2.45) is 0 Å². The van der Waals surface area contributed by atoms with Crippen LogP contribution in [0, 0.1) is 0 Å². The van der Waals surface area contributed by atoms with E-state index in [9.17, 15) is 9.59 Å². The molecule has 1 atom stereocenters. The van der Waals surface area contributed by atoms with E-state index in [1.165, 1.54) is 6.26 Å². The van der Waals surface area contributed by atoms with E-state index >= 15 is 0 Å². The van der Waals surface area contributed by atoms with Gasteiger partial charge in [0.15, 0.2) is 11.5 Å². The Hall–Kier alpha value is -3.08. The maximum atomic E-state index is 13.2. The number of hydrogen-bond donors (Lipinski definition) is 0. The largest absolute Gasteiger partial charge is 0.496 e. The van der Waals surface area contributed by atoms with Gasteiger partial charge in [0.05, 0.1) is 19.8 Å². The molecular formula is C22H18O5. The van der Waals surface area contributed by atoms with Crippen molar-refractivity contribution in [3.63, 3.8) is 0 Å². The third-order valence-electron chi connectivity index (χ3n) is 6.06. The summed E-state index contributed by atoms with van der Waals surface area (Å²) >= 11 is 0. The van der Waals surface area contributed by atoms with E-state index < -0.39 is 5.41 Å². The predicted molar refractivity (Wildman–Crippen MR) is 99.2 cm³/mol. The van der Waals surface area contributed by atoms with Gasteiger partial charge < -0.3 is 13.9 Å². The summed E-state index contributed by atoms with van der Waals surface area (Å²) in [6.45, 7) is 2.08. The fourth-order valence-electron chi connectivity index (χ4n) is 4.63. The van der Waals surface area contributed by atoms with Crippen LogP contribution in [-0.4, -0.2) is 25.8 Å². The minimum atomic E-state index is -0.447. The van der Waals surface area contributed by atoms with Gasteiger partial charge in [-0.15, -0.1) is 0 Å². The molecule has 136 valence electrons. The number of ketones is 2. The average Bonchev–Trinajstić information content (AvgIpc) is 3.15. The topological polar surface area (TPSA) is 65.7 Å². The average molecular weight is 362 g/mol. The highest BCUT2D eigenvalue weighted by molar-refractivity contribution is 6.16. The van der Waals surface area contributed by atoms with Gasteiger partial charge in [-0.25, -0.2) is 0 Å². The molecule has 2 aliphatic rings. The zero-order valence-electron chi connectivity index (χ0n) is 15.3. The molecule has 2 aromatic carbocycles. The molecule has 1 aromatic heterocycles. The smallest absolute Gasteiger partial charge is 0.228 e. The molecule has 0 fully saturated rings. The number of ether oxygens (including phenoxy) is 2. The molecule has 0 N–H and O–H groups in total. The SMILES string of the molecule is COc1ccc(OC)c2cc3c(cc12)C(=O)c1occ2c1C3(C)CCC2=O. The fourth-order valence-corrected chi connectivity index (χ4v) is 4.63. The Morgan fingerprint density at radius 1 is 1.00 bits per heavy atom. The minimum absolute atomic E-state index is 0.0359. The lowest BCUT2D eigenvalue weighted by Gasteiger charge is -2.38. The molecule has 0 spiro atoms. The molecule has 2 aliphatic carbocycles. The van der Waals surface area contributed by atoms with Crippen LogP contribution in [0.15, 0.2) is 34.9 Å². The van der Waals surface area contributed by atoms with Crippen molar-refractivity contribution in [1.82, 2.24) is 0 Å². The highest BCUT2D eigenvalue weighted by atomic mass is 16.5. The number of carbonyl (C=O) groups is 2. The highest BCUT2D eigenvalue weighted by Gasteiger charge is 2.48. The first-order valence-electron chi connectivity index (χ1n) is 8.88. The molecule has 5 rings (SSSR count). The number of fused-ring (bicyclic) bond motifs is 3. The maximum Gasteiger partial charge on any atom is 0.228 e. The third-order valence-corrected chi connectivity index (χ3v) is 6.06. The monoisotopic (exact) mass is 362 g/mol. The van der Waals surface area contributed by atoms with E-state index in [-0.39, 0.29) is 17.3 Å². The zero-order chi connectivity index (χ0) is 18.9. The number of hydrogen-bond acceptors (Lipinski definition) is 5. The van der Waals surface area contributed by atoms with Crippen LogP contribution in [0.2, 0.25) is 0 Å². The lowest BCUT2D eigenvalue weighted by Crippen LogP contribution is -2.37. The molecule has 1 unspecified atom stereocenters. The van der Waals surface area contributed by atoms with Gasteiger partial charge in [0.25, 0.3) is 0 Å². The molecule has 0 aliphatic heterocycles. The van der Waals surface area contributed by atoms with E-state index in [4.69, 9.17) is 13.9 Å². The number of benzene rings is 2. The Labute approximate surface area is 155 Å². The molecule has 27 heavy (non-hydrogen) atoms. The molecule has 0 radical (unpaired) electrons. The van der Waals surface area contributed by atoms with Crippen molar-refractivity contribution >= 4 is 22.3 Å². The summed E-state index contributed by atoms with van der Waals surface area (Å²) in [7, 11) is 3.23. The zero-order valence-corrected chi connectivity index (χ0v) is 15.3. The maximum absolute atomic E-state index is 13.2. The quantitative estimate of drug-likeness (QED) is 0.681. The van der Waals surface area contributed by atoms with Gasteiger partial charge in [-0.1, -0.05) is 6.92 Å². The second kappa shape index (κ2) is 5.22. The van der Waals surface area contributed by atoms with Crippen LogP contribution < -0.4 is 9.47 Å². The summed E-state index contributed by atoms with van der Waals surface area (Å²) in [6.07, 6.45) is 2.52. The van der Waals surface area contributed by atoms with Crippen molar-refractivity contribution < 1.29 is 23.5 Å². The van der Waals surface area contributed by atoms with E-state index in [2.05, 4.69) is 6.92 Å². The van der Waals surface area contributed by atoms with Crippen molar-refractivity contribution in [1.29, 1.82) is 0 Å². The number of Topliss-reactive ketones (excluding diaryl/α,β-unsaturated/α-hetero) is 1. The van der Waals surface area contributed by atoms with Gasteiger partial charge in [0, 0.05) is 33.7 Å². The van der Waals surface area contributed by atoms with Crippen molar-refractivity contribution in [3.8, 4) is 11.5 Å². The summed E-state index contributed by atoms with van der Waals surface area (Å²) in [5.41, 5.74) is 2.33. The van der Waals surface area contributed by atoms with Gasteiger partial charge in [-0.05, 0) is 36.2 Å². The van der Waals surface area contributed by atoms with E-state index in [1.807, 2.05) is 24.3 Å². The summed E-state index contributed by atoms with van der Waals surface area (Å²) in [5.74, 6) is 1.53. The Kier molecular flexibility index (Phi) is 3.12. The lowest BCUT2D eigenvalue weighted by atomic mass is 9.62. The van der Waals surface area contributed by atoms with Crippen molar-refractivity contribution in [3.05, 3.63) is 58.5 Å². The van der Waals surface area contributed by atoms with Crippen LogP contribution >= 0.6 is 0 Å². The third kappa shape index (κ3) is 1.89. The second-order valence-electron chi connectivity index (χ2n) is 7.35. The minimum Gasteiger partial charge on any atom is -0.496 e. The van der Waals surface area contributed by atoms with Gasteiger partial charge >= 0.3 is 0 Å². The van der Waals surface area contributed by atoms with Crippen molar-refractivity contribution in [2.45, 2.75) is 25.2 Å². The van der Waals surface area contributed by atoms with E-state index in [0.29, 0.717) is 29.7 Å².